The Hall–Kier alpha value is -1.79. The summed E-state index contributed by atoms with van der Waals surface area (Å²) in [6.07, 6.45) is 10.1. The SMILES string of the molecule is Cn1ccnc1CN1CCOC[C@@H](Cc2cncnc2)C1. The van der Waals surface area contributed by atoms with Gasteiger partial charge >= 0.3 is 0 Å². The van der Waals surface area contributed by atoms with Gasteiger partial charge in [0.05, 0.1) is 19.8 Å². The lowest BCUT2D eigenvalue weighted by Crippen LogP contribution is -2.31. The van der Waals surface area contributed by atoms with Crippen molar-refractivity contribution >= 4 is 0 Å². The molecule has 6 heteroatoms. The number of imidazole rings is 1. The van der Waals surface area contributed by atoms with Gasteiger partial charge < -0.3 is 9.30 Å². The van der Waals surface area contributed by atoms with E-state index in [-0.39, 0.29) is 0 Å². The number of ether oxygens (including phenoxy) is 1. The fourth-order valence-corrected chi connectivity index (χ4v) is 2.74. The summed E-state index contributed by atoms with van der Waals surface area (Å²) in [6, 6.07) is 0. The van der Waals surface area contributed by atoms with Crippen LogP contribution in [0, 0.1) is 5.92 Å². The highest BCUT2D eigenvalue weighted by Gasteiger charge is 2.20. The molecule has 0 bridgehead atoms. The predicted octanol–water partition coefficient (Wildman–Crippen LogP) is 0.901. The fourth-order valence-electron chi connectivity index (χ4n) is 2.74. The Morgan fingerprint density at radius 3 is 2.95 bits per heavy atom. The molecule has 3 rings (SSSR count). The number of aromatic nitrogens is 4. The molecule has 0 aliphatic carbocycles. The van der Waals surface area contributed by atoms with E-state index in [0.29, 0.717) is 5.92 Å². The van der Waals surface area contributed by atoms with Crippen molar-refractivity contribution in [2.24, 2.45) is 13.0 Å². The van der Waals surface area contributed by atoms with Gasteiger partial charge in [0.25, 0.3) is 0 Å². The molecule has 0 aromatic carbocycles. The second-order valence-electron chi connectivity index (χ2n) is 5.58. The van der Waals surface area contributed by atoms with Gasteiger partial charge in [-0.2, -0.15) is 0 Å². The first-order chi connectivity index (χ1) is 10.3. The maximum atomic E-state index is 5.75. The minimum atomic E-state index is 0.471. The van der Waals surface area contributed by atoms with Gasteiger partial charge in [-0.15, -0.1) is 0 Å². The topological polar surface area (TPSA) is 56.1 Å². The molecule has 2 aromatic rings. The monoisotopic (exact) mass is 287 g/mol. The minimum Gasteiger partial charge on any atom is -0.380 e. The van der Waals surface area contributed by atoms with E-state index in [0.717, 1.165) is 45.1 Å². The van der Waals surface area contributed by atoms with Crippen LogP contribution in [0.15, 0.2) is 31.1 Å². The lowest BCUT2D eigenvalue weighted by molar-refractivity contribution is 0.121. The molecule has 6 nitrogen and oxygen atoms in total. The van der Waals surface area contributed by atoms with Gasteiger partial charge in [0.1, 0.15) is 12.2 Å². The number of hydrogen-bond donors (Lipinski definition) is 0. The molecule has 1 aliphatic heterocycles. The predicted molar refractivity (Wildman–Crippen MR) is 78.5 cm³/mol. The van der Waals surface area contributed by atoms with E-state index in [9.17, 15) is 0 Å². The molecule has 1 aliphatic rings. The summed E-state index contributed by atoms with van der Waals surface area (Å²) in [5, 5.41) is 0. The van der Waals surface area contributed by atoms with Crippen LogP contribution >= 0.6 is 0 Å². The molecule has 0 N–H and O–H groups in total. The van der Waals surface area contributed by atoms with Crippen LogP contribution in [0.5, 0.6) is 0 Å². The Balaban J connectivity index is 1.62. The summed E-state index contributed by atoms with van der Waals surface area (Å²) in [5.74, 6) is 1.57. The van der Waals surface area contributed by atoms with Gasteiger partial charge in [0.15, 0.2) is 0 Å². The first kappa shape index (κ1) is 14.2. The van der Waals surface area contributed by atoms with Gasteiger partial charge in [-0.25, -0.2) is 15.0 Å². The normalized spacial score (nSPS) is 20.3. The van der Waals surface area contributed by atoms with Crippen LogP contribution in [0.4, 0.5) is 0 Å². The van der Waals surface area contributed by atoms with E-state index in [2.05, 4.69) is 24.4 Å². The summed E-state index contributed by atoms with van der Waals surface area (Å²) < 4.78 is 7.82. The first-order valence-electron chi connectivity index (χ1n) is 7.31. The van der Waals surface area contributed by atoms with E-state index in [1.54, 1.807) is 6.33 Å². The summed E-state index contributed by atoms with van der Waals surface area (Å²) >= 11 is 0. The zero-order chi connectivity index (χ0) is 14.5. The highest BCUT2D eigenvalue weighted by atomic mass is 16.5. The van der Waals surface area contributed by atoms with Crippen molar-refractivity contribution < 1.29 is 4.74 Å². The van der Waals surface area contributed by atoms with Gasteiger partial charge in [-0.1, -0.05) is 0 Å². The molecule has 1 atom stereocenters. The third-order valence-electron chi connectivity index (χ3n) is 3.85. The molecule has 0 amide bonds. The lowest BCUT2D eigenvalue weighted by Gasteiger charge is -2.22. The van der Waals surface area contributed by atoms with Crippen molar-refractivity contribution in [2.75, 3.05) is 26.3 Å². The van der Waals surface area contributed by atoms with E-state index in [1.807, 2.05) is 31.8 Å². The van der Waals surface area contributed by atoms with Crippen molar-refractivity contribution in [3.8, 4) is 0 Å². The Kier molecular flexibility index (Phi) is 4.57. The van der Waals surface area contributed by atoms with Crippen molar-refractivity contribution in [1.82, 2.24) is 24.4 Å². The molecule has 0 radical (unpaired) electrons. The largest absolute Gasteiger partial charge is 0.380 e. The van der Waals surface area contributed by atoms with Crippen molar-refractivity contribution in [3.63, 3.8) is 0 Å². The van der Waals surface area contributed by atoms with Crippen molar-refractivity contribution in [1.29, 1.82) is 0 Å². The molecule has 21 heavy (non-hydrogen) atoms. The number of hydrogen-bond acceptors (Lipinski definition) is 5. The zero-order valence-electron chi connectivity index (χ0n) is 12.4. The van der Waals surface area contributed by atoms with Crippen LogP contribution in [0.1, 0.15) is 11.4 Å². The molecule has 2 aromatic heterocycles. The van der Waals surface area contributed by atoms with Crippen molar-refractivity contribution in [3.05, 3.63) is 42.5 Å². The second-order valence-corrected chi connectivity index (χ2v) is 5.58. The summed E-state index contributed by atoms with van der Waals surface area (Å²) in [7, 11) is 2.04. The molecule has 0 spiro atoms. The van der Waals surface area contributed by atoms with Crippen LogP contribution in [0.3, 0.4) is 0 Å². The zero-order valence-corrected chi connectivity index (χ0v) is 12.4. The Morgan fingerprint density at radius 2 is 2.19 bits per heavy atom. The lowest BCUT2D eigenvalue weighted by atomic mass is 10.0. The fraction of sp³-hybridized carbons (Fsp3) is 0.533. The number of aryl methyl sites for hydroxylation is 1. The third kappa shape index (κ3) is 3.86. The Labute approximate surface area is 124 Å². The first-order valence-corrected chi connectivity index (χ1v) is 7.31. The molecular weight excluding hydrogens is 266 g/mol. The van der Waals surface area contributed by atoms with E-state index in [1.165, 1.54) is 5.56 Å². The number of nitrogens with zero attached hydrogens (tertiary/aromatic N) is 5. The standard InChI is InChI=1S/C15H21N5O/c1-19-3-2-18-15(19)10-20-4-5-21-11-14(9-20)6-13-7-16-12-17-8-13/h2-3,7-8,12,14H,4-6,9-11H2,1H3/t14-/m0/s1. The minimum absolute atomic E-state index is 0.471. The Morgan fingerprint density at radius 1 is 1.33 bits per heavy atom. The average Bonchev–Trinajstić information content (AvgIpc) is 2.76. The molecule has 3 heterocycles. The molecule has 0 saturated carbocycles. The van der Waals surface area contributed by atoms with Gasteiger partial charge in [0.2, 0.25) is 0 Å². The van der Waals surface area contributed by atoms with Crippen LogP contribution in [0.25, 0.3) is 0 Å². The highest BCUT2D eigenvalue weighted by Crippen LogP contribution is 2.14. The van der Waals surface area contributed by atoms with E-state index >= 15 is 0 Å². The van der Waals surface area contributed by atoms with Crippen LogP contribution < -0.4 is 0 Å². The third-order valence-corrected chi connectivity index (χ3v) is 3.85. The van der Waals surface area contributed by atoms with Gasteiger partial charge in [0, 0.05) is 44.9 Å². The molecule has 0 unspecified atom stereocenters. The molecule has 112 valence electrons. The number of rotatable bonds is 4. The highest BCUT2D eigenvalue weighted by molar-refractivity contribution is 5.04. The molecule has 1 saturated heterocycles. The van der Waals surface area contributed by atoms with Crippen LogP contribution in [-0.4, -0.2) is 50.7 Å². The summed E-state index contributed by atoms with van der Waals surface area (Å²) in [6.45, 7) is 4.42. The van der Waals surface area contributed by atoms with E-state index in [4.69, 9.17) is 4.74 Å². The van der Waals surface area contributed by atoms with E-state index < -0.39 is 0 Å². The maximum absolute atomic E-state index is 5.75. The smallest absolute Gasteiger partial charge is 0.122 e. The second kappa shape index (κ2) is 6.78. The van der Waals surface area contributed by atoms with Gasteiger partial charge in [-0.3, -0.25) is 4.90 Å². The van der Waals surface area contributed by atoms with Gasteiger partial charge in [-0.05, 0) is 17.9 Å². The quantitative estimate of drug-likeness (QED) is 0.836. The summed E-state index contributed by atoms with van der Waals surface area (Å²) in [5.41, 5.74) is 1.17. The average molecular weight is 287 g/mol. The van der Waals surface area contributed by atoms with Crippen molar-refractivity contribution in [2.45, 2.75) is 13.0 Å². The molecule has 1 fully saturated rings. The Bertz CT molecular complexity index is 556. The molecular formula is C15H21N5O. The maximum Gasteiger partial charge on any atom is 0.122 e. The van der Waals surface area contributed by atoms with Crippen LogP contribution in [-0.2, 0) is 24.8 Å². The summed E-state index contributed by atoms with van der Waals surface area (Å²) in [4.78, 5) is 15.0. The van der Waals surface area contributed by atoms with Crippen LogP contribution in [0.2, 0.25) is 0 Å².